The summed E-state index contributed by atoms with van der Waals surface area (Å²) >= 11 is 0. The van der Waals surface area contributed by atoms with Gasteiger partial charge >= 0.3 is 98.2 Å². The third-order valence-corrected chi connectivity index (χ3v) is 5.98. The fraction of sp³-hybridized carbons (Fsp3) is 0. The zero-order valence-electron chi connectivity index (χ0n) is 20.9. The molecule has 0 atom stereocenters. The van der Waals surface area contributed by atoms with Gasteiger partial charge in [-0.2, -0.15) is 50.5 Å². The lowest BCUT2D eigenvalue weighted by atomic mass is 9.86. The van der Waals surface area contributed by atoms with Gasteiger partial charge in [0, 0.05) is 0 Å². The van der Waals surface area contributed by atoms with Gasteiger partial charge in [-0.15, -0.1) is 0 Å². The second kappa shape index (κ2) is 13.5. The number of carbonyl (C=O) groups is 6. The van der Waals surface area contributed by atoms with Gasteiger partial charge in [-0.05, 0) is 0 Å². The highest BCUT2D eigenvalue weighted by molar-refractivity contribution is 7.82. The molecule has 30 nitrogen and oxygen atoms in total. The maximum absolute atomic E-state index is 12.8. The number of rotatable bonds is 12. The monoisotopic (exact) mass is 822 g/mol. The molecule has 36 heteroatoms. The highest BCUT2D eigenvalue weighted by atomic mass is 32.3. The third kappa shape index (κ3) is 12.6. The van der Waals surface area contributed by atoms with Crippen LogP contribution in [0.1, 0.15) is 62.1 Å². The lowest BCUT2D eigenvalue weighted by molar-refractivity contribution is 0.0624. The van der Waals surface area contributed by atoms with Crippen LogP contribution < -0.4 is 0 Å². The van der Waals surface area contributed by atoms with Crippen LogP contribution in [0.15, 0.2) is 0 Å². The van der Waals surface area contributed by atoms with E-state index in [1.54, 1.807) is 0 Å². The molecular formula is C12H6O30S6. The van der Waals surface area contributed by atoms with Crippen LogP contribution in [0.4, 0.5) is 0 Å². The number of carbonyl (C=O) groups excluding carboxylic acids is 6. The number of hydrogen-bond donors (Lipinski definition) is 6. The molecule has 0 spiro atoms. The normalized spacial score (nSPS) is 12.6. The summed E-state index contributed by atoms with van der Waals surface area (Å²) in [4.78, 5) is 76.7. The van der Waals surface area contributed by atoms with E-state index in [0.717, 1.165) is 0 Å². The van der Waals surface area contributed by atoms with Gasteiger partial charge < -0.3 is 25.1 Å². The van der Waals surface area contributed by atoms with E-state index in [1.165, 1.54) is 0 Å². The molecule has 0 amide bonds. The Kier molecular flexibility index (Phi) is 11.7. The van der Waals surface area contributed by atoms with E-state index < -0.39 is 132 Å². The lowest BCUT2D eigenvalue weighted by Crippen LogP contribution is -2.33. The fourth-order valence-electron chi connectivity index (χ4n) is 2.80. The summed E-state index contributed by atoms with van der Waals surface area (Å²) in [6.07, 6.45) is 0. The van der Waals surface area contributed by atoms with Crippen molar-refractivity contribution in [2.24, 2.45) is 0 Å². The molecule has 0 saturated heterocycles. The highest BCUT2D eigenvalue weighted by Gasteiger charge is 2.47. The average molecular weight is 823 g/mol. The second-order valence-electron chi connectivity index (χ2n) is 7.04. The number of benzene rings is 1. The fourth-order valence-corrected chi connectivity index (χ4v) is 4.45. The van der Waals surface area contributed by atoms with Crippen LogP contribution in [0.25, 0.3) is 0 Å². The Morgan fingerprint density at radius 2 is 0.354 bits per heavy atom. The van der Waals surface area contributed by atoms with E-state index in [2.05, 4.69) is 25.1 Å². The SMILES string of the molecule is O=C(OS(=O)(=O)O)c1c(C(=O)OS(=O)(=O)O)c(C(=O)OS(=O)(=O)O)c(C(=O)OS(=O)(=O)O)c(C(=O)OS(=O)(=O)O)c1C(=O)OS(=O)(=O)O. The van der Waals surface area contributed by atoms with Crippen LogP contribution in [0.2, 0.25) is 0 Å². The Morgan fingerprint density at radius 1 is 0.271 bits per heavy atom. The van der Waals surface area contributed by atoms with Gasteiger partial charge in [0.25, 0.3) is 0 Å². The highest BCUT2D eigenvalue weighted by Crippen LogP contribution is 2.34. The molecule has 1 aromatic rings. The first kappa shape index (κ1) is 41.5. The zero-order chi connectivity index (χ0) is 38.2. The molecule has 0 bridgehead atoms. The first-order valence-corrected chi connectivity index (χ1v) is 17.7. The summed E-state index contributed by atoms with van der Waals surface area (Å²) < 4.78 is 207. The Hall–Kier alpha value is -4.50. The van der Waals surface area contributed by atoms with Crippen molar-refractivity contribution in [3.05, 3.63) is 33.4 Å². The molecule has 1 rings (SSSR count). The second-order valence-corrected chi connectivity index (χ2v) is 13.2. The van der Waals surface area contributed by atoms with Gasteiger partial charge in [0.2, 0.25) is 0 Å². The molecule has 270 valence electrons. The van der Waals surface area contributed by atoms with E-state index >= 15 is 0 Å². The molecule has 0 aromatic heterocycles. The predicted molar refractivity (Wildman–Crippen MR) is 128 cm³/mol. The van der Waals surface area contributed by atoms with Crippen LogP contribution in [0.5, 0.6) is 0 Å². The molecule has 48 heavy (non-hydrogen) atoms. The van der Waals surface area contributed by atoms with E-state index in [4.69, 9.17) is 27.3 Å². The summed E-state index contributed by atoms with van der Waals surface area (Å²) in [5, 5.41) is 0. The van der Waals surface area contributed by atoms with Crippen molar-refractivity contribution in [2.45, 2.75) is 0 Å². The van der Waals surface area contributed by atoms with Gasteiger partial charge in [-0.25, -0.2) is 28.8 Å². The van der Waals surface area contributed by atoms with Crippen molar-refractivity contribution in [1.29, 1.82) is 0 Å². The van der Waals surface area contributed by atoms with Crippen LogP contribution in [-0.2, 0) is 87.5 Å². The Bertz CT molecular complexity index is 1860. The standard InChI is InChI=1S/C12H6O30S6/c13-7(37-43(19,20)21)1-2(8(14)38-44(22,23)24)4(10(16)40-46(28,29)30)6(12(18)42-48(34,35)36)5(11(17)41-47(31,32)33)3(1)9(15)39-45(25,26)27/h(H,19,20,21)(H,22,23,24)(H,25,26,27)(H,28,29,30)(H,31,32,33)(H,34,35,36). The molecule has 0 aliphatic heterocycles. The van der Waals surface area contributed by atoms with Crippen molar-refractivity contribution in [1.82, 2.24) is 0 Å². The molecule has 0 aliphatic rings. The average Bonchev–Trinajstić information content (AvgIpc) is 2.75. The summed E-state index contributed by atoms with van der Waals surface area (Å²) in [5.41, 5.74) is -17.5. The van der Waals surface area contributed by atoms with Crippen molar-refractivity contribution in [2.75, 3.05) is 0 Å². The van der Waals surface area contributed by atoms with Crippen LogP contribution in [0, 0.1) is 0 Å². The first-order chi connectivity index (χ1) is 21.0. The minimum atomic E-state index is -6.40. The molecule has 1 aromatic carbocycles. The van der Waals surface area contributed by atoms with E-state index in [0.29, 0.717) is 0 Å². The molecule has 0 saturated carbocycles. The van der Waals surface area contributed by atoms with Crippen molar-refractivity contribution in [3.8, 4) is 0 Å². The molecule has 0 heterocycles. The molecular weight excluding hydrogens is 817 g/mol. The lowest BCUT2D eigenvalue weighted by Gasteiger charge is -2.20. The van der Waals surface area contributed by atoms with Gasteiger partial charge in [0.1, 0.15) is 0 Å². The molecule has 0 radical (unpaired) electrons. The van der Waals surface area contributed by atoms with E-state index in [-0.39, 0.29) is 0 Å². The van der Waals surface area contributed by atoms with E-state index in [1.807, 2.05) is 0 Å². The summed E-state index contributed by atoms with van der Waals surface area (Å²) in [5.74, 6) is -19.7. The topological polar surface area (TPSA) is 484 Å². The molecule has 6 N–H and O–H groups in total. The van der Waals surface area contributed by atoms with Crippen molar-refractivity contribution < 1.29 is 132 Å². The van der Waals surface area contributed by atoms with Gasteiger partial charge in [0.05, 0.1) is 33.4 Å². The summed E-state index contributed by atoms with van der Waals surface area (Å²) in [6.45, 7) is 0. The van der Waals surface area contributed by atoms with Crippen LogP contribution in [-0.4, -0.2) is 114 Å². The number of hydrogen-bond acceptors (Lipinski definition) is 24. The molecule has 0 aliphatic carbocycles. The Morgan fingerprint density at radius 3 is 0.417 bits per heavy atom. The van der Waals surface area contributed by atoms with Gasteiger partial charge in [-0.3, -0.25) is 27.3 Å². The minimum Gasteiger partial charge on any atom is -0.320 e. The smallest absolute Gasteiger partial charge is 0.320 e. The molecule has 0 unspecified atom stereocenters. The van der Waals surface area contributed by atoms with E-state index in [9.17, 15) is 79.3 Å². The maximum Gasteiger partial charge on any atom is 0.449 e. The Balaban J connectivity index is 5.20. The van der Waals surface area contributed by atoms with Gasteiger partial charge in [0.15, 0.2) is 0 Å². The van der Waals surface area contributed by atoms with Crippen LogP contribution in [0.3, 0.4) is 0 Å². The summed E-state index contributed by atoms with van der Waals surface area (Å²) in [6, 6.07) is 0. The van der Waals surface area contributed by atoms with Crippen molar-refractivity contribution in [3.63, 3.8) is 0 Å². The predicted octanol–water partition coefficient (Wildman–Crippen LogP) is -4.56. The Labute approximate surface area is 262 Å². The third-order valence-electron chi connectivity index (χ3n) is 3.81. The molecule has 0 fully saturated rings. The largest absolute Gasteiger partial charge is 0.449 e. The first-order valence-electron chi connectivity index (χ1n) is 9.54. The summed E-state index contributed by atoms with van der Waals surface area (Å²) in [7, 11) is -38.4. The zero-order valence-corrected chi connectivity index (χ0v) is 25.8. The minimum absolute atomic E-state index is 2.91. The van der Waals surface area contributed by atoms with Crippen LogP contribution >= 0.6 is 0 Å². The quantitative estimate of drug-likeness (QED) is 0.108. The van der Waals surface area contributed by atoms with Gasteiger partial charge in [-0.1, -0.05) is 0 Å². The van der Waals surface area contributed by atoms with Crippen molar-refractivity contribution >= 4 is 98.2 Å². The maximum atomic E-state index is 12.8.